The topological polar surface area (TPSA) is 15.3 Å². The Morgan fingerprint density at radius 1 is 1.29 bits per heavy atom. The lowest BCUT2D eigenvalue weighted by Crippen LogP contribution is -2.67. The highest BCUT2D eigenvalue weighted by Crippen LogP contribution is 2.34. The monoisotopic (exact) mass is 288 g/mol. The first-order valence-corrected chi connectivity index (χ1v) is 8.37. The van der Waals surface area contributed by atoms with Gasteiger partial charge in [0.15, 0.2) is 0 Å². The van der Waals surface area contributed by atoms with Crippen molar-refractivity contribution < 1.29 is 0 Å². The highest BCUT2D eigenvalue weighted by atomic mass is 15.3. The van der Waals surface area contributed by atoms with Crippen molar-refractivity contribution in [1.82, 2.24) is 10.2 Å². The van der Waals surface area contributed by atoms with Crippen molar-refractivity contribution in [3.63, 3.8) is 0 Å². The van der Waals surface area contributed by atoms with Gasteiger partial charge in [-0.3, -0.25) is 4.90 Å². The molecule has 2 rings (SSSR count). The number of benzene rings is 1. The number of hydrogen-bond donors (Lipinski definition) is 1. The summed E-state index contributed by atoms with van der Waals surface area (Å²) in [5, 5.41) is 3.83. The molecule has 0 aromatic heterocycles. The maximum absolute atomic E-state index is 3.83. The van der Waals surface area contributed by atoms with Gasteiger partial charge >= 0.3 is 0 Å². The first-order chi connectivity index (χ1) is 9.80. The molecule has 1 aliphatic heterocycles. The molecule has 1 aromatic carbocycles. The molecule has 0 radical (unpaired) electrons. The Kier molecular flexibility index (Phi) is 4.79. The van der Waals surface area contributed by atoms with Crippen LogP contribution in [0.4, 0.5) is 0 Å². The zero-order valence-electron chi connectivity index (χ0n) is 14.6. The van der Waals surface area contributed by atoms with Crippen LogP contribution in [-0.4, -0.2) is 29.6 Å². The molecule has 1 aromatic rings. The minimum Gasteiger partial charge on any atom is -0.305 e. The van der Waals surface area contributed by atoms with E-state index in [1.807, 2.05) is 0 Å². The Morgan fingerprint density at radius 3 is 2.43 bits per heavy atom. The Morgan fingerprint density at radius 2 is 1.90 bits per heavy atom. The Bertz CT molecular complexity index is 452. The quantitative estimate of drug-likeness (QED) is 0.900. The molecule has 118 valence electrons. The standard InChI is InChI=1S/C19H32N2/c1-7-18(4,5)21-14-19(6,16-11-9-8-10-12-16)20-13-17(21)15(2)3/h8-12,15,17,20H,7,13-14H2,1-6H3. The summed E-state index contributed by atoms with van der Waals surface area (Å²) in [7, 11) is 0. The second kappa shape index (κ2) is 6.10. The summed E-state index contributed by atoms with van der Waals surface area (Å²) in [5.74, 6) is 0.670. The molecule has 1 aliphatic rings. The van der Waals surface area contributed by atoms with Crippen LogP contribution in [0.1, 0.15) is 53.5 Å². The molecule has 0 saturated carbocycles. The molecule has 2 heteroatoms. The van der Waals surface area contributed by atoms with Gasteiger partial charge in [-0.05, 0) is 38.7 Å². The van der Waals surface area contributed by atoms with Crippen LogP contribution >= 0.6 is 0 Å². The molecule has 1 N–H and O–H groups in total. The minimum absolute atomic E-state index is 0.0408. The lowest BCUT2D eigenvalue weighted by molar-refractivity contribution is -0.0168. The summed E-state index contributed by atoms with van der Waals surface area (Å²) in [5.41, 5.74) is 1.68. The number of hydrogen-bond acceptors (Lipinski definition) is 2. The molecule has 2 nitrogen and oxygen atoms in total. The van der Waals surface area contributed by atoms with E-state index in [4.69, 9.17) is 0 Å². The van der Waals surface area contributed by atoms with Crippen LogP contribution in [0.5, 0.6) is 0 Å². The molecule has 0 amide bonds. The van der Waals surface area contributed by atoms with Crippen molar-refractivity contribution in [3.8, 4) is 0 Å². The molecule has 2 unspecified atom stereocenters. The number of piperazine rings is 1. The first-order valence-electron chi connectivity index (χ1n) is 8.37. The van der Waals surface area contributed by atoms with Gasteiger partial charge in [-0.25, -0.2) is 0 Å². The van der Waals surface area contributed by atoms with Gasteiger partial charge in [0.05, 0.1) is 5.54 Å². The fourth-order valence-corrected chi connectivity index (χ4v) is 3.41. The third-order valence-corrected chi connectivity index (χ3v) is 5.41. The van der Waals surface area contributed by atoms with Gasteiger partial charge in [-0.15, -0.1) is 0 Å². The van der Waals surface area contributed by atoms with E-state index in [0.29, 0.717) is 12.0 Å². The van der Waals surface area contributed by atoms with Crippen LogP contribution in [0.25, 0.3) is 0 Å². The van der Waals surface area contributed by atoms with E-state index in [1.165, 1.54) is 12.0 Å². The molecule has 0 spiro atoms. The minimum atomic E-state index is 0.0408. The normalized spacial score (nSPS) is 28.0. The average molecular weight is 288 g/mol. The molecule has 1 heterocycles. The second-order valence-electron chi connectivity index (χ2n) is 7.68. The largest absolute Gasteiger partial charge is 0.305 e. The zero-order chi connectivity index (χ0) is 15.7. The summed E-state index contributed by atoms with van der Waals surface area (Å²) >= 11 is 0. The van der Waals surface area contributed by atoms with E-state index in [9.17, 15) is 0 Å². The van der Waals surface area contributed by atoms with E-state index in [0.717, 1.165) is 13.1 Å². The number of nitrogens with one attached hydrogen (secondary N) is 1. The smallest absolute Gasteiger partial charge is 0.0535 e. The molecule has 0 bridgehead atoms. The van der Waals surface area contributed by atoms with E-state index in [1.54, 1.807) is 0 Å². The van der Waals surface area contributed by atoms with Gasteiger partial charge in [0, 0.05) is 24.7 Å². The Labute approximate surface area is 130 Å². The second-order valence-corrected chi connectivity index (χ2v) is 7.68. The lowest BCUT2D eigenvalue weighted by Gasteiger charge is -2.54. The van der Waals surface area contributed by atoms with Crippen LogP contribution in [0, 0.1) is 5.92 Å². The summed E-state index contributed by atoms with van der Waals surface area (Å²) < 4.78 is 0. The van der Waals surface area contributed by atoms with Crippen LogP contribution < -0.4 is 5.32 Å². The van der Waals surface area contributed by atoms with Crippen molar-refractivity contribution in [2.75, 3.05) is 13.1 Å². The average Bonchev–Trinajstić information content (AvgIpc) is 2.48. The SMILES string of the molecule is CCC(C)(C)N1CC(C)(c2ccccc2)NCC1C(C)C. The molecular formula is C19H32N2. The van der Waals surface area contributed by atoms with Gasteiger partial charge in [0.1, 0.15) is 0 Å². The highest BCUT2D eigenvalue weighted by molar-refractivity contribution is 5.25. The van der Waals surface area contributed by atoms with Gasteiger partial charge in [-0.1, -0.05) is 51.1 Å². The van der Waals surface area contributed by atoms with Crippen LogP contribution in [0.2, 0.25) is 0 Å². The summed E-state index contributed by atoms with van der Waals surface area (Å²) in [6.07, 6.45) is 1.18. The van der Waals surface area contributed by atoms with Gasteiger partial charge in [0.25, 0.3) is 0 Å². The van der Waals surface area contributed by atoms with Crippen molar-refractivity contribution in [1.29, 1.82) is 0 Å². The maximum atomic E-state index is 3.83. The summed E-state index contributed by atoms with van der Waals surface area (Å²) in [4.78, 5) is 2.74. The van der Waals surface area contributed by atoms with Crippen molar-refractivity contribution in [2.24, 2.45) is 5.92 Å². The zero-order valence-corrected chi connectivity index (χ0v) is 14.6. The Balaban J connectivity index is 2.31. The summed E-state index contributed by atoms with van der Waals surface area (Å²) in [6, 6.07) is 11.5. The molecule has 1 saturated heterocycles. The third-order valence-electron chi connectivity index (χ3n) is 5.41. The van der Waals surface area contributed by atoms with Crippen LogP contribution in [0.3, 0.4) is 0 Å². The summed E-state index contributed by atoms with van der Waals surface area (Å²) in [6.45, 7) is 16.2. The maximum Gasteiger partial charge on any atom is 0.0535 e. The molecule has 21 heavy (non-hydrogen) atoms. The number of rotatable bonds is 4. The first kappa shape index (κ1) is 16.5. The number of nitrogens with zero attached hydrogens (tertiary/aromatic N) is 1. The molecule has 1 fully saturated rings. The highest BCUT2D eigenvalue weighted by Gasteiger charge is 2.42. The fourth-order valence-electron chi connectivity index (χ4n) is 3.41. The van der Waals surface area contributed by atoms with Gasteiger partial charge in [0.2, 0.25) is 0 Å². The van der Waals surface area contributed by atoms with Crippen molar-refractivity contribution >= 4 is 0 Å². The van der Waals surface area contributed by atoms with Crippen molar-refractivity contribution in [2.45, 2.75) is 65.1 Å². The van der Waals surface area contributed by atoms with E-state index < -0.39 is 0 Å². The van der Waals surface area contributed by atoms with E-state index in [2.05, 4.69) is 82.1 Å². The predicted octanol–water partition coefficient (Wildman–Crippen LogP) is 4.02. The molecule has 2 atom stereocenters. The van der Waals surface area contributed by atoms with Crippen LogP contribution in [0.15, 0.2) is 30.3 Å². The van der Waals surface area contributed by atoms with Crippen LogP contribution in [-0.2, 0) is 5.54 Å². The molecule has 0 aliphatic carbocycles. The van der Waals surface area contributed by atoms with E-state index in [-0.39, 0.29) is 11.1 Å². The lowest BCUT2D eigenvalue weighted by atomic mass is 9.82. The Hall–Kier alpha value is -0.860. The predicted molar refractivity (Wildman–Crippen MR) is 91.5 cm³/mol. The molecular weight excluding hydrogens is 256 g/mol. The van der Waals surface area contributed by atoms with Crippen molar-refractivity contribution in [3.05, 3.63) is 35.9 Å². The van der Waals surface area contributed by atoms with Gasteiger partial charge < -0.3 is 5.32 Å². The van der Waals surface area contributed by atoms with E-state index >= 15 is 0 Å². The van der Waals surface area contributed by atoms with Gasteiger partial charge in [-0.2, -0.15) is 0 Å². The fraction of sp³-hybridized carbons (Fsp3) is 0.684. The third kappa shape index (κ3) is 3.32.